The van der Waals surface area contributed by atoms with Crippen molar-refractivity contribution in [3.63, 3.8) is 0 Å². The van der Waals surface area contributed by atoms with Crippen LogP contribution in [0.2, 0.25) is 5.28 Å². The van der Waals surface area contributed by atoms with Gasteiger partial charge >= 0.3 is 0 Å². The van der Waals surface area contributed by atoms with E-state index in [1.807, 2.05) is 38.1 Å². The lowest BCUT2D eigenvalue weighted by Gasteiger charge is -2.30. The van der Waals surface area contributed by atoms with Crippen molar-refractivity contribution in [2.24, 2.45) is 0 Å². The highest BCUT2D eigenvalue weighted by Crippen LogP contribution is 2.33. The molecule has 0 radical (unpaired) electrons. The van der Waals surface area contributed by atoms with Crippen molar-refractivity contribution in [3.05, 3.63) is 47.1 Å². The van der Waals surface area contributed by atoms with E-state index in [0.29, 0.717) is 48.8 Å². The number of nitrogens with one attached hydrogen (secondary N) is 2. The molecule has 0 saturated carbocycles. The maximum Gasteiger partial charge on any atom is 0.226 e. The number of rotatable bonds is 6. The van der Waals surface area contributed by atoms with Crippen LogP contribution in [-0.2, 0) is 10.0 Å². The van der Waals surface area contributed by atoms with Gasteiger partial charge in [-0.1, -0.05) is 18.2 Å². The molecule has 4 aromatic rings. The van der Waals surface area contributed by atoms with Crippen LogP contribution in [0.5, 0.6) is 5.88 Å². The zero-order valence-electron chi connectivity index (χ0n) is 19.6. The molecule has 35 heavy (non-hydrogen) atoms. The molecular formula is C23H26ClN7O3S. The fourth-order valence-corrected chi connectivity index (χ4v) is 5.45. The standard InChI is InChI=1S/C23H26ClN7O3S/c1-13-5-4-6-15-11-17(14(2)27-21-19-20(26-12-25-19)29-23(24)30-21)28-22(18(13)15)34-16-7-9-31(10-8-16)35(3,32)33/h4-6,11-12,14,16H,7-10H2,1-3H3,(H2,25,26,27,29,30)/t14-/m0/s1. The zero-order chi connectivity index (χ0) is 24.7. The largest absolute Gasteiger partial charge is 0.474 e. The Morgan fingerprint density at radius 2 is 2.00 bits per heavy atom. The Balaban J connectivity index is 1.45. The third-order valence-electron chi connectivity index (χ3n) is 6.25. The molecular weight excluding hydrogens is 490 g/mol. The van der Waals surface area contributed by atoms with Gasteiger partial charge in [0.25, 0.3) is 0 Å². The molecule has 0 spiro atoms. The number of anilines is 1. The number of piperidine rings is 1. The SMILES string of the molecule is Cc1cccc2cc([C@H](C)Nc3nc(Cl)nc4[nH]cnc34)nc(OC3CCN(S(C)(=O)=O)CC3)c12. The maximum atomic E-state index is 11.9. The number of aromatic nitrogens is 5. The number of imidazole rings is 1. The zero-order valence-corrected chi connectivity index (χ0v) is 21.2. The van der Waals surface area contributed by atoms with E-state index in [-0.39, 0.29) is 17.4 Å². The molecule has 4 heterocycles. The fraction of sp³-hybridized carbons (Fsp3) is 0.391. The van der Waals surface area contributed by atoms with Gasteiger partial charge in [0.15, 0.2) is 11.5 Å². The number of ether oxygens (including phenoxy) is 1. The predicted octanol–water partition coefficient (Wildman–Crippen LogP) is 3.84. The van der Waals surface area contributed by atoms with Gasteiger partial charge in [-0.05, 0) is 55.3 Å². The second-order valence-corrected chi connectivity index (χ2v) is 11.1. The summed E-state index contributed by atoms with van der Waals surface area (Å²) in [6, 6.07) is 7.86. The van der Waals surface area contributed by atoms with Crippen molar-refractivity contribution in [1.29, 1.82) is 0 Å². The molecule has 0 amide bonds. The summed E-state index contributed by atoms with van der Waals surface area (Å²) >= 11 is 6.09. The van der Waals surface area contributed by atoms with Crippen LogP contribution in [0.1, 0.15) is 37.1 Å². The molecule has 12 heteroatoms. The predicted molar refractivity (Wildman–Crippen MR) is 135 cm³/mol. The minimum atomic E-state index is -3.20. The smallest absolute Gasteiger partial charge is 0.226 e. The number of aromatic amines is 1. The molecule has 10 nitrogen and oxygen atoms in total. The van der Waals surface area contributed by atoms with Crippen molar-refractivity contribution >= 4 is 49.4 Å². The Hall–Kier alpha value is -3.02. The molecule has 1 aromatic carbocycles. The monoisotopic (exact) mass is 515 g/mol. The Bertz CT molecular complexity index is 1500. The molecule has 184 valence electrons. The van der Waals surface area contributed by atoms with E-state index in [9.17, 15) is 8.42 Å². The van der Waals surface area contributed by atoms with Crippen LogP contribution in [0, 0.1) is 6.92 Å². The number of H-pyrrole nitrogens is 1. The second kappa shape index (κ2) is 9.21. The maximum absolute atomic E-state index is 11.9. The highest BCUT2D eigenvalue weighted by Gasteiger charge is 2.27. The van der Waals surface area contributed by atoms with E-state index in [1.165, 1.54) is 10.6 Å². The molecule has 5 rings (SSSR count). The first-order valence-corrected chi connectivity index (χ1v) is 13.6. The van der Waals surface area contributed by atoms with Gasteiger partial charge in [-0.15, -0.1) is 0 Å². The molecule has 1 fully saturated rings. The molecule has 1 aliphatic heterocycles. The van der Waals surface area contributed by atoms with Gasteiger partial charge in [-0.25, -0.2) is 22.7 Å². The van der Waals surface area contributed by atoms with Gasteiger partial charge in [-0.2, -0.15) is 9.97 Å². The number of nitrogens with zero attached hydrogens (tertiary/aromatic N) is 5. The lowest BCUT2D eigenvalue weighted by molar-refractivity contribution is 0.131. The lowest BCUT2D eigenvalue weighted by Crippen LogP contribution is -2.41. The molecule has 0 bridgehead atoms. The number of hydrogen-bond acceptors (Lipinski definition) is 8. The second-order valence-electron chi connectivity index (χ2n) is 8.81. The first-order valence-electron chi connectivity index (χ1n) is 11.3. The van der Waals surface area contributed by atoms with E-state index >= 15 is 0 Å². The average Bonchev–Trinajstić information content (AvgIpc) is 3.27. The summed E-state index contributed by atoms with van der Waals surface area (Å²) in [6.07, 6.45) is 3.88. The highest BCUT2D eigenvalue weighted by atomic mass is 35.5. The Morgan fingerprint density at radius 1 is 1.23 bits per heavy atom. The molecule has 1 saturated heterocycles. The van der Waals surface area contributed by atoms with Crippen molar-refractivity contribution in [1.82, 2.24) is 29.2 Å². The Morgan fingerprint density at radius 3 is 2.74 bits per heavy atom. The van der Waals surface area contributed by atoms with Gasteiger partial charge < -0.3 is 15.0 Å². The molecule has 0 aliphatic carbocycles. The summed E-state index contributed by atoms with van der Waals surface area (Å²) in [5.41, 5.74) is 2.97. The quantitative estimate of drug-likeness (QED) is 0.371. The minimum Gasteiger partial charge on any atom is -0.474 e. The third-order valence-corrected chi connectivity index (χ3v) is 7.72. The number of halogens is 1. The van der Waals surface area contributed by atoms with Crippen molar-refractivity contribution < 1.29 is 13.2 Å². The molecule has 1 aliphatic rings. The van der Waals surface area contributed by atoms with Crippen LogP contribution in [0.15, 0.2) is 30.6 Å². The normalized spacial score (nSPS) is 16.6. The fourth-order valence-electron chi connectivity index (χ4n) is 4.40. The molecule has 1 atom stereocenters. The highest BCUT2D eigenvalue weighted by molar-refractivity contribution is 7.88. The molecule has 2 N–H and O–H groups in total. The average molecular weight is 516 g/mol. The number of pyridine rings is 1. The van der Waals surface area contributed by atoms with Crippen molar-refractivity contribution in [2.75, 3.05) is 24.7 Å². The first-order chi connectivity index (χ1) is 16.7. The van der Waals surface area contributed by atoms with Crippen molar-refractivity contribution in [3.8, 4) is 5.88 Å². The molecule has 3 aromatic heterocycles. The number of fused-ring (bicyclic) bond motifs is 2. The van der Waals surface area contributed by atoms with Crippen LogP contribution >= 0.6 is 11.6 Å². The topological polar surface area (TPSA) is 126 Å². The van der Waals surface area contributed by atoms with Gasteiger partial charge in [0.2, 0.25) is 21.2 Å². The summed E-state index contributed by atoms with van der Waals surface area (Å²) in [5.74, 6) is 1.06. The Labute approximate surface area is 208 Å². The van der Waals surface area contributed by atoms with Crippen LogP contribution in [0.3, 0.4) is 0 Å². The third kappa shape index (κ3) is 4.89. The summed E-state index contributed by atoms with van der Waals surface area (Å²) in [4.78, 5) is 20.6. The summed E-state index contributed by atoms with van der Waals surface area (Å²) in [6.45, 7) is 4.88. The summed E-state index contributed by atoms with van der Waals surface area (Å²) in [7, 11) is -3.20. The first kappa shape index (κ1) is 23.7. The number of aryl methyl sites for hydroxylation is 1. The van der Waals surface area contributed by atoms with Gasteiger partial charge in [0.05, 0.1) is 24.3 Å². The minimum absolute atomic E-state index is 0.114. The summed E-state index contributed by atoms with van der Waals surface area (Å²) in [5, 5.41) is 5.43. The van der Waals surface area contributed by atoms with Crippen LogP contribution in [0.4, 0.5) is 5.82 Å². The van der Waals surface area contributed by atoms with Gasteiger partial charge in [0.1, 0.15) is 11.6 Å². The van der Waals surface area contributed by atoms with E-state index in [1.54, 1.807) is 6.33 Å². The van der Waals surface area contributed by atoms with Crippen LogP contribution < -0.4 is 10.1 Å². The van der Waals surface area contributed by atoms with Crippen molar-refractivity contribution in [2.45, 2.75) is 38.8 Å². The van der Waals surface area contributed by atoms with E-state index in [2.05, 4.69) is 25.3 Å². The lowest BCUT2D eigenvalue weighted by atomic mass is 10.0. The van der Waals surface area contributed by atoms with Crippen LogP contribution in [-0.4, -0.2) is 63.1 Å². The van der Waals surface area contributed by atoms with Gasteiger partial charge in [-0.3, -0.25) is 0 Å². The van der Waals surface area contributed by atoms with Gasteiger partial charge in [0, 0.05) is 18.5 Å². The number of hydrogen-bond donors (Lipinski definition) is 2. The van der Waals surface area contributed by atoms with Crippen LogP contribution in [0.25, 0.3) is 21.9 Å². The Kier molecular flexibility index (Phi) is 6.24. The van der Waals surface area contributed by atoms with E-state index < -0.39 is 10.0 Å². The van der Waals surface area contributed by atoms with E-state index in [4.69, 9.17) is 21.3 Å². The number of sulfonamides is 1. The number of benzene rings is 1. The molecule has 0 unspecified atom stereocenters. The summed E-state index contributed by atoms with van der Waals surface area (Å²) < 4.78 is 31.6. The van der Waals surface area contributed by atoms with E-state index in [0.717, 1.165) is 22.0 Å².